The van der Waals surface area contributed by atoms with Crippen LogP contribution in [0.15, 0.2) is 47.0 Å². The molecule has 2 aliphatic heterocycles. The lowest BCUT2D eigenvalue weighted by Crippen LogP contribution is -2.44. The van der Waals surface area contributed by atoms with Crippen LogP contribution >= 0.6 is 0 Å². The number of hydrogen-bond donors (Lipinski definition) is 0. The van der Waals surface area contributed by atoms with Crippen LogP contribution in [0.3, 0.4) is 0 Å². The number of nitro benzene ring substituents is 1. The molecule has 0 atom stereocenters. The van der Waals surface area contributed by atoms with Crippen molar-refractivity contribution in [3.05, 3.63) is 80.8 Å². The number of imide groups is 1. The standard InChI is InChI=1S/C22H15FN4O6/c23-13-3-1-12(2-4-13)20-16-7-8-25(10-18(16)24-33-20)19(28)11-26-21(29)15-6-5-14(27(31)32)9-17(15)22(26)30/h1-6,9H,7-8,10-11H2. The van der Waals surface area contributed by atoms with Crippen LogP contribution in [0, 0.1) is 15.9 Å². The molecule has 2 aromatic carbocycles. The molecule has 0 fully saturated rings. The second kappa shape index (κ2) is 7.62. The highest BCUT2D eigenvalue weighted by Crippen LogP contribution is 2.31. The summed E-state index contributed by atoms with van der Waals surface area (Å²) in [6.45, 7) is -0.0401. The number of hydrogen-bond acceptors (Lipinski definition) is 7. The monoisotopic (exact) mass is 450 g/mol. The van der Waals surface area contributed by atoms with Crippen molar-refractivity contribution in [3.63, 3.8) is 0 Å². The molecule has 0 unspecified atom stereocenters. The van der Waals surface area contributed by atoms with Gasteiger partial charge in [0.25, 0.3) is 17.5 Å². The smallest absolute Gasteiger partial charge is 0.270 e. The van der Waals surface area contributed by atoms with Gasteiger partial charge in [-0.2, -0.15) is 0 Å². The van der Waals surface area contributed by atoms with Crippen LogP contribution in [-0.4, -0.2) is 50.7 Å². The number of fused-ring (bicyclic) bond motifs is 2. The number of halogens is 1. The maximum atomic E-state index is 13.2. The summed E-state index contributed by atoms with van der Waals surface area (Å²) in [6, 6.07) is 9.21. The summed E-state index contributed by atoms with van der Waals surface area (Å²) in [4.78, 5) is 50.7. The van der Waals surface area contributed by atoms with Crippen molar-refractivity contribution in [2.24, 2.45) is 0 Å². The van der Waals surface area contributed by atoms with Gasteiger partial charge in [-0.15, -0.1) is 0 Å². The van der Waals surface area contributed by atoms with E-state index in [0.717, 1.165) is 22.6 Å². The normalized spacial score (nSPS) is 14.9. The van der Waals surface area contributed by atoms with Crippen molar-refractivity contribution in [2.75, 3.05) is 13.1 Å². The lowest BCUT2D eigenvalue weighted by molar-refractivity contribution is -0.384. The summed E-state index contributed by atoms with van der Waals surface area (Å²) in [5.41, 5.74) is 1.66. The first kappa shape index (κ1) is 20.5. The topological polar surface area (TPSA) is 127 Å². The zero-order chi connectivity index (χ0) is 23.3. The molecular weight excluding hydrogens is 435 g/mol. The zero-order valence-corrected chi connectivity index (χ0v) is 17.0. The van der Waals surface area contributed by atoms with Crippen LogP contribution in [-0.2, 0) is 17.8 Å². The van der Waals surface area contributed by atoms with Gasteiger partial charge < -0.3 is 9.42 Å². The van der Waals surface area contributed by atoms with Gasteiger partial charge in [0, 0.05) is 29.8 Å². The number of aromatic nitrogens is 1. The van der Waals surface area contributed by atoms with Gasteiger partial charge in [-0.1, -0.05) is 5.16 Å². The Bertz CT molecular complexity index is 1330. The third kappa shape index (κ3) is 3.43. The Morgan fingerprint density at radius 1 is 1.12 bits per heavy atom. The van der Waals surface area contributed by atoms with E-state index in [4.69, 9.17) is 4.52 Å². The summed E-state index contributed by atoms with van der Waals surface area (Å²) in [6.07, 6.45) is 0.436. The molecule has 0 spiro atoms. The Kier molecular flexibility index (Phi) is 4.73. The van der Waals surface area contributed by atoms with Gasteiger partial charge >= 0.3 is 0 Å². The molecule has 0 radical (unpaired) electrons. The van der Waals surface area contributed by atoms with E-state index in [9.17, 15) is 28.9 Å². The second-order valence-corrected chi connectivity index (χ2v) is 7.69. The highest BCUT2D eigenvalue weighted by molar-refractivity contribution is 6.22. The van der Waals surface area contributed by atoms with E-state index in [1.54, 1.807) is 12.1 Å². The largest absolute Gasteiger partial charge is 0.356 e. The molecule has 0 aliphatic carbocycles. The number of rotatable bonds is 4. The molecule has 2 aliphatic rings. The number of benzene rings is 2. The maximum Gasteiger partial charge on any atom is 0.270 e. The Morgan fingerprint density at radius 2 is 1.85 bits per heavy atom. The lowest BCUT2D eigenvalue weighted by atomic mass is 10.0. The van der Waals surface area contributed by atoms with Gasteiger partial charge in [-0.3, -0.25) is 29.4 Å². The first-order valence-electron chi connectivity index (χ1n) is 9.99. The average Bonchev–Trinajstić information content (AvgIpc) is 3.34. The minimum atomic E-state index is -0.746. The Morgan fingerprint density at radius 3 is 2.58 bits per heavy atom. The molecule has 166 valence electrons. The highest BCUT2D eigenvalue weighted by Gasteiger charge is 2.39. The molecule has 3 amide bonds. The first-order valence-corrected chi connectivity index (χ1v) is 9.99. The molecule has 0 N–H and O–H groups in total. The van der Waals surface area contributed by atoms with Crippen molar-refractivity contribution in [2.45, 2.75) is 13.0 Å². The maximum absolute atomic E-state index is 13.2. The summed E-state index contributed by atoms with van der Waals surface area (Å²) < 4.78 is 18.6. The van der Waals surface area contributed by atoms with Gasteiger partial charge in [-0.05, 0) is 36.8 Å². The molecule has 0 bridgehead atoms. The second-order valence-electron chi connectivity index (χ2n) is 7.69. The molecule has 3 heterocycles. The van der Waals surface area contributed by atoms with Crippen LogP contribution in [0.1, 0.15) is 32.0 Å². The number of carbonyl (C=O) groups excluding carboxylic acids is 3. The summed E-state index contributed by atoms with van der Waals surface area (Å²) in [5.74, 6) is -1.73. The molecule has 11 heteroatoms. The molecule has 1 aromatic heterocycles. The molecular formula is C22H15FN4O6. The Hall–Kier alpha value is -4.41. The fourth-order valence-corrected chi connectivity index (χ4v) is 4.04. The van der Waals surface area contributed by atoms with Crippen LogP contribution in [0.4, 0.5) is 10.1 Å². The van der Waals surface area contributed by atoms with Crippen molar-refractivity contribution >= 4 is 23.4 Å². The zero-order valence-electron chi connectivity index (χ0n) is 17.0. The van der Waals surface area contributed by atoms with E-state index in [-0.39, 0.29) is 29.2 Å². The predicted octanol–water partition coefficient (Wildman–Crippen LogP) is 2.57. The Labute approximate surface area is 185 Å². The minimum absolute atomic E-state index is 0.0276. The fourth-order valence-electron chi connectivity index (χ4n) is 4.04. The molecule has 10 nitrogen and oxygen atoms in total. The van der Waals surface area contributed by atoms with E-state index in [1.165, 1.54) is 23.1 Å². The van der Waals surface area contributed by atoms with Gasteiger partial charge in [0.15, 0.2) is 5.76 Å². The van der Waals surface area contributed by atoms with Gasteiger partial charge in [-0.25, -0.2) is 4.39 Å². The van der Waals surface area contributed by atoms with Crippen LogP contribution in [0.25, 0.3) is 11.3 Å². The number of non-ortho nitro benzene ring substituents is 1. The molecule has 0 saturated carbocycles. The summed E-state index contributed by atoms with van der Waals surface area (Å²) in [5, 5.41) is 15.0. The van der Waals surface area contributed by atoms with Gasteiger partial charge in [0.2, 0.25) is 5.91 Å². The van der Waals surface area contributed by atoms with Gasteiger partial charge in [0.1, 0.15) is 18.1 Å². The quantitative estimate of drug-likeness (QED) is 0.340. The van der Waals surface area contributed by atoms with E-state index in [1.807, 2.05) is 0 Å². The highest BCUT2D eigenvalue weighted by atomic mass is 19.1. The van der Waals surface area contributed by atoms with Crippen molar-refractivity contribution in [3.8, 4) is 11.3 Å². The van der Waals surface area contributed by atoms with Crippen LogP contribution in [0.5, 0.6) is 0 Å². The third-order valence-corrected chi connectivity index (χ3v) is 5.76. The van der Waals surface area contributed by atoms with Crippen molar-refractivity contribution in [1.82, 2.24) is 15.0 Å². The molecule has 3 aromatic rings. The fraction of sp³-hybridized carbons (Fsp3) is 0.182. The molecule has 0 saturated heterocycles. The summed E-state index contributed by atoms with van der Waals surface area (Å²) in [7, 11) is 0. The van der Waals surface area contributed by atoms with Gasteiger partial charge in [0.05, 0.1) is 22.6 Å². The first-order chi connectivity index (χ1) is 15.8. The van der Waals surface area contributed by atoms with E-state index in [2.05, 4.69) is 5.16 Å². The SMILES string of the molecule is O=C(CN1C(=O)c2ccc([N+](=O)[O-])cc2C1=O)N1CCc2c(noc2-c2ccc(F)cc2)C1. The van der Waals surface area contributed by atoms with E-state index < -0.39 is 29.2 Å². The van der Waals surface area contributed by atoms with Crippen molar-refractivity contribution < 1.29 is 28.2 Å². The molecule has 5 rings (SSSR count). The van der Waals surface area contributed by atoms with E-state index >= 15 is 0 Å². The van der Waals surface area contributed by atoms with Crippen molar-refractivity contribution in [1.29, 1.82) is 0 Å². The average molecular weight is 450 g/mol. The Balaban J connectivity index is 1.31. The number of amides is 3. The summed E-state index contributed by atoms with van der Waals surface area (Å²) >= 11 is 0. The number of carbonyl (C=O) groups is 3. The van der Waals surface area contributed by atoms with E-state index in [0.29, 0.717) is 30.0 Å². The number of nitrogens with zero attached hydrogens (tertiary/aromatic N) is 4. The lowest BCUT2D eigenvalue weighted by Gasteiger charge is -2.27. The third-order valence-electron chi connectivity index (χ3n) is 5.76. The number of nitro groups is 1. The minimum Gasteiger partial charge on any atom is -0.356 e. The predicted molar refractivity (Wildman–Crippen MR) is 109 cm³/mol. The van der Waals surface area contributed by atoms with Crippen LogP contribution < -0.4 is 0 Å². The molecule has 33 heavy (non-hydrogen) atoms. The van der Waals surface area contributed by atoms with Crippen LogP contribution in [0.2, 0.25) is 0 Å².